The second-order valence-corrected chi connectivity index (χ2v) is 3.55. The maximum atomic E-state index is 5.22. The van der Waals surface area contributed by atoms with E-state index in [4.69, 9.17) is 4.74 Å². The Morgan fingerprint density at radius 3 is 1.89 bits per heavy atom. The molecule has 0 aromatic rings. The molecule has 1 saturated carbocycles. The lowest BCUT2D eigenvalue weighted by Crippen LogP contribution is -2.43. The summed E-state index contributed by atoms with van der Waals surface area (Å²) in [6, 6.07) is 0. The Morgan fingerprint density at radius 1 is 0.889 bits per heavy atom. The van der Waals surface area contributed by atoms with Gasteiger partial charge in [-0.25, -0.2) is 0 Å². The predicted octanol–water partition coefficient (Wildman–Crippen LogP) is 1.97. The van der Waals surface area contributed by atoms with Gasteiger partial charge in [0.05, 0.1) is 13.2 Å². The first-order chi connectivity index (χ1) is 4.41. The minimum absolute atomic E-state index is 0.679. The summed E-state index contributed by atoms with van der Waals surface area (Å²) in [5.74, 6) is 0. The molecular formula is C8H14O. The van der Waals surface area contributed by atoms with Crippen LogP contribution in [-0.2, 0) is 4.74 Å². The van der Waals surface area contributed by atoms with Crippen LogP contribution in [0.15, 0.2) is 0 Å². The molecule has 1 aliphatic carbocycles. The first kappa shape index (κ1) is 5.72. The molecule has 1 saturated heterocycles. The fraction of sp³-hybridized carbons (Fsp3) is 1.00. The number of rotatable bonds is 0. The van der Waals surface area contributed by atoms with Crippen molar-refractivity contribution in [3.8, 4) is 0 Å². The largest absolute Gasteiger partial charge is 0.380 e. The monoisotopic (exact) mass is 126 g/mol. The van der Waals surface area contributed by atoms with Crippen LogP contribution >= 0.6 is 0 Å². The van der Waals surface area contributed by atoms with Crippen LogP contribution < -0.4 is 0 Å². The highest BCUT2D eigenvalue weighted by atomic mass is 16.5. The molecule has 1 aliphatic heterocycles. The highest BCUT2D eigenvalue weighted by molar-refractivity contribution is 4.87. The molecular weight excluding hydrogens is 112 g/mol. The van der Waals surface area contributed by atoms with Crippen LogP contribution in [0.5, 0.6) is 0 Å². The highest BCUT2D eigenvalue weighted by Crippen LogP contribution is 2.41. The predicted molar refractivity (Wildman–Crippen MR) is 36.3 cm³/mol. The van der Waals surface area contributed by atoms with E-state index >= 15 is 0 Å². The molecule has 1 spiro atoms. The van der Waals surface area contributed by atoms with Gasteiger partial charge in [-0.1, -0.05) is 19.3 Å². The Bertz CT molecular complexity index is 97.1. The average molecular weight is 126 g/mol. The van der Waals surface area contributed by atoms with Gasteiger partial charge in [0.1, 0.15) is 0 Å². The summed E-state index contributed by atoms with van der Waals surface area (Å²) in [6.45, 7) is 2.12. The molecule has 2 rings (SSSR count). The van der Waals surface area contributed by atoms with Gasteiger partial charge in [0, 0.05) is 5.41 Å². The van der Waals surface area contributed by atoms with E-state index in [2.05, 4.69) is 0 Å². The standard InChI is InChI=1S/C8H14O/c1-2-4-8(5-3-1)6-9-7-8/h1-7H2. The molecule has 52 valence electrons. The van der Waals surface area contributed by atoms with Gasteiger partial charge in [0.2, 0.25) is 0 Å². The van der Waals surface area contributed by atoms with E-state index in [1.165, 1.54) is 32.1 Å². The van der Waals surface area contributed by atoms with Crippen molar-refractivity contribution < 1.29 is 4.74 Å². The lowest BCUT2D eigenvalue weighted by molar-refractivity contribution is -0.130. The van der Waals surface area contributed by atoms with Crippen LogP contribution in [0.2, 0.25) is 0 Å². The topological polar surface area (TPSA) is 9.23 Å². The molecule has 0 aromatic heterocycles. The van der Waals surface area contributed by atoms with Crippen molar-refractivity contribution in [3.63, 3.8) is 0 Å². The molecule has 2 fully saturated rings. The quantitative estimate of drug-likeness (QED) is 0.482. The Morgan fingerprint density at radius 2 is 1.56 bits per heavy atom. The number of hydrogen-bond donors (Lipinski definition) is 0. The molecule has 0 unspecified atom stereocenters. The summed E-state index contributed by atoms with van der Waals surface area (Å²) in [5.41, 5.74) is 0.679. The zero-order valence-electron chi connectivity index (χ0n) is 5.86. The first-order valence-electron chi connectivity index (χ1n) is 3.99. The van der Waals surface area contributed by atoms with Crippen molar-refractivity contribution in [3.05, 3.63) is 0 Å². The van der Waals surface area contributed by atoms with E-state index < -0.39 is 0 Å². The first-order valence-corrected chi connectivity index (χ1v) is 3.99. The smallest absolute Gasteiger partial charge is 0.0544 e. The summed E-state index contributed by atoms with van der Waals surface area (Å²) in [7, 11) is 0. The maximum absolute atomic E-state index is 5.22. The average Bonchev–Trinajstić information content (AvgIpc) is 1.87. The fourth-order valence-electron chi connectivity index (χ4n) is 1.98. The van der Waals surface area contributed by atoms with Gasteiger partial charge in [-0.3, -0.25) is 0 Å². The van der Waals surface area contributed by atoms with Crippen LogP contribution in [-0.4, -0.2) is 13.2 Å². The summed E-state index contributed by atoms with van der Waals surface area (Å²) in [6.07, 6.45) is 7.23. The summed E-state index contributed by atoms with van der Waals surface area (Å²) in [4.78, 5) is 0. The van der Waals surface area contributed by atoms with Crippen LogP contribution in [0.4, 0.5) is 0 Å². The van der Waals surface area contributed by atoms with Crippen molar-refractivity contribution in [2.45, 2.75) is 32.1 Å². The zero-order valence-corrected chi connectivity index (χ0v) is 5.86. The van der Waals surface area contributed by atoms with Crippen molar-refractivity contribution in [1.29, 1.82) is 0 Å². The van der Waals surface area contributed by atoms with Crippen molar-refractivity contribution in [1.82, 2.24) is 0 Å². The fourth-order valence-corrected chi connectivity index (χ4v) is 1.98. The second kappa shape index (κ2) is 1.98. The lowest BCUT2D eigenvalue weighted by Gasteiger charge is -2.44. The third-order valence-electron chi connectivity index (χ3n) is 2.73. The molecule has 2 aliphatic rings. The Hall–Kier alpha value is -0.0400. The summed E-state index contributed by atoms with van der Waals surface area (Å²) >= 11 is 0. The summed E-state index contributed by atoms with van der Waals surface area (Å²) < 4.78 is 5.22. The molecule has 0 radical (unpaired) electrons. The van der Waals surface area contributed by atoms with E-state index in [0.29, 0.717) is 5.41 Å². The third kappa shape index (κ3) is 0.877. The maximum Gasteiger partial charge on any atom is 0.0544 e. The summed E-state index contributed by atoms with van der Waals surface area (Å²) in [5, 5.41) is 0. The van der Waals surface area contributed by atoms with E-state index in [1.54, 1.807) is 0 Å². The van der Waals surface area contributed by atoms with Crippen LogP contribution in [0.1, 0.15) is 32.1 Å². The molecule has 0 aromatic carbocycles. The van der Waals surface area contributed by atoms with Crippen LogP contribution in [0.25, 0.3) is 0 Å². The molecule has 0 N–H and O–H groups in total. The van der Waals surface area contributed by atoms with E-state index in [0.717, 1.165) is 13.2 Å². The van der Waals surface area contributed by atoms with Gasteiger partial charge >= 0.3 is 0 Å². The van der Waals surface area contributed by atoms with Gasteiger partial charge in [-0.15, -0.1) is 0 Å². The molecule has 0 amide bonds. The van der Waals surface area contributed by atoms with Gasteiger partial charge in [-0.2, -0.15) is 0 Å². The van der Waals surface area contributed by atoms with Gasteiger partial charge in [-0.05, 0) is 12.8 Å². The molecule has 1 heteroatoms. The third-order valence-corrected chi connectivity index (χ3v) is 2.73. The Balaban J connectivity index is 1.93. The van der Waals surface area contributed by atoms with Crippen LogP contribution in [0.3, 0.4) is 0 Å². The normalized spacial score (nSPS) is 32.0. The van der Waals surface area contributed by atoms with Gasteiger partial charge in [0.25, 0.3) is 0 Å². The molecule has 0 atom stereocenters. The van der Waals surface area contributed by atoms with E-state index in [1.807, 2.05) is 0 Å². The molecule has 1 heterocycles. The van der Waals surface area contributed by atoms with Gasteiger partial charge in [0.15, 0.2) is 0 Å². The molecule has 1 nitrogen and oxygen atoms in total. The van der Waals surface area contributed by atoms with Gasteiger partial charge < -0.3 is 4.74 Å². The Labute approximate surface area is 56.4 Å². The van der Waals surface area contributed by atoms with E-state index in [9.17, 15) is 0 Å². The Kier molecular flexibility index (Phi) is 1.26. The SMILES string of the molecule is C1CCC2(CC1)COC2. The highest BCUT2D eigenvalue weighted by Gasteiger charge is 2.38. The van der Waals surface area contributed by atoms with E-state index in [-0.39, 0.29) is 0 Å². The minimum atomic E-state index is 0.679. The second-order valence-electron chi connectivity index (χ2n) is 3.55. The number of ether oxygens (including phenoxy) is 1. The molecule has 0 bridgehead atoms. The van der Waals surface area contributed by atoms with Crippen molar-refractivity contribution in [2.24, 2.45) is 5.41 Å². The zero-order chi connectivity index (χ0) is 6.16. The minimum Gasteiger partial charge on any atom is -0.380 e. The van der Waals surface area contributed by atoms with Crippen molar-refractivity contribution >= 4 is 0 Å². The lowest BCUT2D eigenvalue weighted by atomic mass is 9.73. The van der Waals surface area contributed by atoms with Crippen molar-refractivity contribution in [2.75, 3.05) is 13.2 Å². The molecule has 9 heavy (non-hydrogen) atoms. The van der Waals surface area contributed by atoms with Crippen LogP contribution in [0, 0.1) is 5.41 Å². The number of hydrogen-bond acceptors (Lipinski definition) is 1.